The van der Waals surface area contributed by atoms with Gasteiger partial charge in [0.15, 0.2) is 16.7 Å². The summed E-state index contributed by atoms with van der Waals surface area (Å²) in [6, 6.07) is 12.4. The van der Waals surface area contributed by atoms with E-state index in [0.29, 0.717) is 33.7 Å². The third kappa shape index (κ3) is 3.51. The van der Waals surface area contributed by atoms with Crippen molar-refractivity contribution in [3.63, 3.8) is 0 Å². The van der Waals surface area contributed by atoms with Crippen LogP contribution in [0.3, 0.4) is 0 Å². The van der Waals surface area contributed by atoms with Gasteiger partial charge in [-0.2, -0.15) is 0 Å². The first-order chi connectivity index (χ1) is 13.6. The number of rotatable bonds is 4. The van der Waals surface area contributed by atoms with Gasteiger partial charge in [0.2, 0.25) is 5.76 Å². The number of hydrogen-bond donors (Lipinski definition) is 1. The van der Waals surface area contributed by atoms with Crippen LogP contribution < -0.4 is 5.32 Å². The Morgan fingerprint density at radius 1 is 1.14 bits per heavy atom. The minimum atomic E-state index is -0.438. The first-order valence-electron chi connectivity index (χ1n) is 8.27. The summed E-state index contributed by atoms with van der Waals surface area (Å²) < 4.78 is 5.53. The van der Waals surface area contributed by atoms with Crippen LogP contribution in [0.25, 0.3) is 27.5 Å². The van der Waals surface area contributed by atoms with Crippen molar-refractivity contribution < 1.29 is 9.21 Å². The molecule has 3 aromatic heterocycles. The molecule has 1 aromatic carbocycles. The lowest BCUT2D eigenvalue weighted by Gasteiger charge is -2.02. The minimum absolute atomic E-state index is 0.0997. The maximum absolute atomic E-state index is 12.7. The number of aryl methyl sites for hydroxylation is 1. The van der Waals surface area contributed by atoms with E-state index >= 15 is 0 Å². The summed E-state index contributed by atoms with van der Waals surface area (Å²) in [6.07, 6.45) is 1.69. The molecule has 8 heteroatoms. The van der Waals surface area contributed by atoms with Crippen molar-refractivity contribution in [2.75, 3.05) is 5.32 Å². The highest BCUT2D eigenvalue weighted by Crippen LogP contribution is 2.28. The highest BCUT2D eigenvalue weighted by molar-refractivity contribution is 7.14. The van der Waals surface area contributed by atoms with E-state index in [-0.39, 0.29) is 5.76 Å². The molecule has 4 rings (SSSR count). The zero-order valence-electron chi connectivity index (χ0n) is 14.7. The molecule has 0 saturated carbocycles. The number of oxazole rings is 1. The highest BCUT2D eigenvalue weighted by atomic mass is 32.1. The molecule has 0 saturated heterocycles. The number of carbonyl (C=O) groups excluding carboxylic acids is 1. The van der Waals surface area contributed by atoms with Crippen LogP contribution in [0, 0.1) is 13.5 Å². The number of nitrogens with zero attached hydrogens (tertiary/aromatic N) is 4. The van der Waals surface area contributed by atoms with Gasteiger partial charge in [-0.3, -0.25) is 15.1 Å². The van der Waals surface area contributed by atoms with Gasteiger partial charge in [0.1, 0.15) is 11.4 Å². The van der Waals surface area contributed by atoms with Crippen molar-refractivity contribution in [2.45, 2.75) is 6.92 Å². The summed E-state index contributed by atoms with van der Waals surface area (Å²) in [5, 5.41) is 5.02. The zero-order valence-corrected chi connectivity index (χ0v) is 15.5. The third-order valence-corrected chi connectivity index (χ3v) is 4.62. The van der Waals surface area contributed by atoms with Crippen LogP contribution in [0.4, 0.5) is 10.8 Å². The number of thiazole rings is 1. The smallest absolute Gasteiger partial charge is 0.295 e. The van der Waals surface area contributed by atoms with Crippen molar-refractivity contribution in [3.8, 4) is 22.6 Å². The van der Waals surface area contributed by atoms with Gasteiger partial charge in [0.25, 0.3) is 5.91 Å². The normalized spacial score (nSPS) is 10.4. The molecule has 7 nitrogen and oxygen atoms in total. The fraction of sp³-hybridized carbons (Fsp3) is 0.0500. The van der Waals surface area contributed by atoms with Crippen molar-refractivity contribution in [3.05, 3.63) is 77.1 Å². The van der Waals surface area contributed by atoms with Crippen LogP contribution in [-0.2, 0) is 0 Å². The lowest BCUT2D eigenvalue weighted by atomic mass is 10.1. The van der Waals surface area contributed by atoms with E-state index < -0.39 is 5.91 Å². The van der Waals surface area contributed by atoms with Crippen LogP contribution in [0.2, 0.25) is 0 Å². The van der Waals surface area contributed by atoms with Gasteiger partial charge >= 0.3 is 0 Å². The average molecular weight is 387 g/mol. The van der Waals surface area contributed by atoms with Gasteiger partial charge in [-0.05, 0) is 12.1 Å². The second-order valence-electron chi connectivity index (χ2n) is 5.78. The number of carbonyl (C=O) groups is 1. The van der Waals surface area contributed by atoms with Crippen LogP contribution in [0.15, 0.2) is 58.5 Å². The number of aromatic nitrogens is 3. The monoisotopic (exact) mass is 387 g/mol. The predicted molar refractivity (Wildman–Crippen MR) is 106 cm³/mol. The molecule has 4 aromatic rings. The lowest BCUT2D eigenvalue weighted by molar-refractivity contribution is 0.0996. The van der Waals surface area contributed by atoms with Gasteiger partial charge in [-0.25, -0.2) is 14.8 Å². The van der Waals surface area contributed by atoms with Crippen molar-refractivity contribution in [2.24, 2.45) is 0 Å². The minimum Gasteiger partial charge on any atom is -0.435 e. The maximum atomic E-state index is 12.7. The van der Waals surface area contributed by atoms with Crippen LogP contribution in [0.5, 0.6) is 0 Å². The molecule has 1 amide bonds. The average Bonchev–Trinajstić information content (AvgIpc) is 3.35. The van der Waals surface area contributed by atoms with Crippen LogP contribution >= 0.6 is 11.3 Å². The van der Waals surface area contributed by atoms with E-state index in [9.17, 15) is 4.79 Å². The number of nitrogens with one attached hydrogen (secondary N) is 1. The van der Waals surface area contributed by atoms with Gasteiger partial charge in [-0.1, -0.05) is 30.3 Å². The molecule has 0 aliphatic heterocycles. The Hall–Kier alpha value is -3.83. The molecule has 0 spiro atoms. The summed E-state index contributed by atoms with van der Waals surface area (Å²) in [4.78, 5) is 29.1. The first kappa shape index (κ1) is 17.6. The van der Waals surface area contributed by atoms with E-state index in [1.165, 1.54) is 11.3 Å². The molecule has 0 atom stereocenters. The Kier molecular flexibility index (Phi) is 4.66. The highest BCUT2D eigenvalue weighted by Gasteiger charge is 2.21. The standard InChI is InChI=1S/C20H13N5O2S/c1-12-23-17(13-6-8-14(21-2)9-7-13)18(27-12)19(26)25-20-24-16(11-28-20)15-5-3-4-10-22-15/h3-11H,1H3,(H,24,25,26). The molecule has 28 heavy (non-hydrogen) atoms. The topological polar surface area (TPSA) is 85.3 Å². The van der Waals surface area contributed by atoms with Crippen LogP contribution in [0.1, 0.15) is 16.4 Å². The number of amides is 1. The number of hydrogen-bond acceptors (Lipinski definition) is 6. The first-order valence-corrected chi connectivity index (χ1v) is 9.15. The Balaban J connectivity index is 1.59. The Labute approximate surface area is 164 Å². The fourth-order valence-electron chi connectivity index (χ4n) is 2.59. The number of pyridine rings is 1. The summed E-state index contributed by atoms with van der Waals surface area (Å²) >= 11 is 1.30. The lowest BCUT2D eigenvalue weighted by Crippen LogP contribution is -2.12. The SMILES string of the molecule is [C-]#[N+]c1ccc(-c2nc(C)oc2C(=O)Nc2nc(-c3ccccn3)cs2)cc1. The molecule has 0 aliphatic carbocycles. The van der Waals surface area contributed by atoms with E-state index in [4.69, 9.17) is 11.0 Å². The van der Waals surface area contributed by atoms with Crippen molar-refractivity contribution in [1.29, 1.82) is 0 Å². The summed E-state index contributed by atoms with van der Waals surface area (Å²) in [7, 11) is 0. The Bertz CT molecular complexity index is 1170. The van der Waals surface area contributed by atoms with Crippen LogP contribution in [-0.4, -0.2) is 20.9 Å². The van der Waals surface area contributed by atoms with E-state index in [2.05, 4.69) is 25.1 Å². The van der Waals surface area contributed by atoms with E-state index in [1.54, 1.807) is 37.4 Å². The number of anilines is 1. The molecule has 0 unspecified atom stereocenters. The second-order valence-corrected chi connectivity index (χ2v) is 6.63. The molecule has 136 valence electrons. The number of benzene rings is 1. The molecular weight excluding hydrogens is 374 g/mol. The van der Waals surface area contributed by atoms with E-state index in [0.717, 1.165) is 5.69 Å². The van der Waals surface area contributed by atoms with Gasteiger partial charge in [0, 0.05) is 24.1 Å². The Morgan fingerprint density at radius 3 is 2.68 bits per heavy atom. The molecule has 0 fully saturated rings. The summed E-state index contributed by atoms with van der Waals surface area (Å²) in [5.74, 6) is 0.0390. The molecule has 0 bridgehead atoms. The molecule has 0 radical (unpaired) electrons. The summed E-state index contributed by atoms with van der Waals surface area (Å²) in [5.41, 5.74) is 3.05. The predicted octanol–water partition coefficient (Wildman–Crippen LogP) is 4.97. The summed E-state index contributed by atoms with van der Waals surface area (Å²) in [6.45, 7) is 8.72. The maximum Gasteiger partial charge on any atom is 0.295 e. The van der Waals surface area contributed by atoms with Crippen molar-refractivity contribution in [1.82, 2.24) is 15.0 Å². The molecule has 0 aliphatic rings. The van der Waals surface area contributed by atoms with Crippen molar-refractivity contribution >= 4 is 28.1 Å². The van der Waals surface area contributed by atoms with Gasteiger partial charge < -0.3 is 4.42 Å². The molecule has 3 heterocycles. The van der Waals surface area contributed by atoms with E-state index in [1.807, 2.05) is 23.6 Å². The largest absolute Gasteiger partial charge is 0.435 e. The van der Waals surface area contributed by atoms with Gasteiger partial charge in [0.05, 0.1) is 12.3 Å². The quantitative estimate of drug-likeness (QED) is 0.500. The second kappa shape index (κ2) is 7.42. The van der Waals surface area contributed by atoms with Gasteiger partial charge in [-0.15, -0.1) is 11.3 Å². The zero-order chi connectivity index (χ0) is 19.5. The molecule has 1 N–H and O–H groups in total. The Morgan fingerprint density at radius 2 is 1.96 bits per heavy atom. The third-order valence-electron chi connectivity index (χ3n) is 3.86. The molecular formula is C20H13N5O2S. The fourth-order valence-corrected chi connectivity index (χ4v) is 3.29.